The second-order valence-electron chi connectivity index (χ2n) is 6.81. The van der Waals surface area contributed by atoms with Crippen molar-refractivity contribution in [3.05, 3.63) is 54.1 Å². The van der Waals surface area contributed by atoms with Crippen LogP contribution in [0.4, 0.5) is 5.69 Å². The van der Waals surface area contributed by atoms with Gasteiger partial charge in [-0.3, -0.25) is 9.52 Å². The SMILES string of the molecule is COC(=O)c1ccccc1NS(=O)(=O)c1ccc(O[C@@H](C)C(=O)N2CCOCC2)cc1. The van der Waals surface area contributed by atoms with E-state index in [-0.39, 0.29) is 22.1 Å². The van der Waals surface area contributed by atoms with E-state index < -0.39 is 22.1 Å². The molecule has 1 fully saturated rings. The standard InChI is InChI=1S/C21H24N2O7S/c1-15(20(24)23-11-13-29-14-12-23)30-16-7-9-17(10-8-16)31(26,27)22-19-6-4-3-5-18(19)21(25)28-2/h3-10,15,22H,11-14H2,1-2H3/t15-/m0/s1. The highest BCUT2D eigenvalue weighted by molar-refractivity contribution is 7.92. The summed E-state index contributed by atoms with van der Waals surface area (Å²) in [7, 11) is -2.74. The van der Waals surface area contributed by atoms with Gasteiger partial charge in [0.05, 0.1) is 36.5 Å². The first-order valence-electron chi connectivity index (χ1n) is 9.65. The summed E-state index contributed by atoms with van der Waals surface area (Å²) in [5.41, 5.74) is 0.211. The van der Waals surface area contributed by atoms with E-state index in [1.807, 2.05) is 0 Å². The van der Waals surface area contributed by atoms with Crippen LogP contribution in [0, 0.1) is 0 Å². The van der Waals surface area contributed by atoms with Gasteiger partial charge in [-0.1, -0.05) is 12.1 Å². The van der Waals surface area contributed by atoms with Crippen molar-refractivity contribution in [2.75, 3.05) is 38.1 Å². The van der Waals surface area contributed by atoms with Crippen molar-refractivity contribution in [2.45, 2.75) is 17.9 Å². The van der Waals surface area contributed by atoms with Crippen molar-refractivity contribution >= 4 is 27.6 Å². The first kappa shape index (κ1) is 22.6. The Bertz CT molecular complexity index is 1030. The van der Waals surface area contributed by atoms with E-state index >= 15 is 0 Å². The van der Waals surface area contributed by atoms with Crippen LogP contribution in [0.3, 0.4) is 0 Å². The smallest absolute Gasteiger partial charge is 0.339 e. The van der Waals surface area contributed by atoms with E-state index in [1.165, 1.54) is 43.5 Å². The molecular formula is C21H24N2O7S. The molecule has 0 aliphatic carbocycles. The third-order valence-corrected chi connectivity index (χ3v) is 6.08. The molecule has 166 valence electrons. The van der Waals surface area contributed by atoms with Crippen molar-refractivity contribution in [2.24, 2.45) is 0 Å². The summed E-state index contributed by atoms with van der Waals surface area (Å²) in [5.74, 6) is -0.440. The second-order valence-corrected chi connectivity index (χ2v) is 8.49. The van der Waals surface area contributed by atoms with E-state index in [2.05, 4.69) is 9.46 Å². The minimum absolute atomic E-state index is 0.0216. The van der Waals surface area contributed by atoms with Crippen LogP contribution in [0.5, 0.6) is 5.75 Å². The van der Waals surface area contributed by atoms with Crippen LogP contribution >= 0.6 is 0 Å². The van der Waals surface area contributed by atoms with Crippen LogP contribution in [0.25, 0.3) is 0 Å². The van der Waals surface area contributed by atoms with Crippen molar-refractivity contribution in [3.8, 4) is 5.75 Å². The Morgan fingerprint density at radius 1 is 1.06 bits per heavy atom. The summed E-state index contributed by atoms with van der Waals surface area (Å²) in [6.07, 6.45) is -0.717. The Morgan fingerprint density at radius 3 is 2.35 bits per heavy atom. The van der Waals surface area contributed by atoms with Crippen molar-refractivity contribution in [1.82, 2.24) is 4.90 Å². The maximum Gasteiger partial charge on any atom is 0.339 e. The molecule has 1 aliphatic heterocycles. The Hall–Kier alpha value is -3.11. The number of methoxy groups -OCH3 is 1. The first-order chi connectivity index (χ1) is 14.8. The van der Waals surface area contributed by atoms with E-state index in [4.69, 9.17) is 9.47 Å². The molecule has 2 aromatic rings. The maximum atomic E-state index is 12.7. The zero-order valence-electron chi connectivity index (χ0n) is 17.2. The van der Waals surface area contributed by atoms with Crippen LogP contribution in [-0.4, -0.2) is 64.7 Å². The van der Waals surface area contributed by atoms with Crippen LogP contribution in [0.15, 0.2) is 53.4 Å². The molecule has 9 nitrogen and oxygen atoms in total. The summed E-state index contributed by atoms with van der Waals surface area (Å²) in [6.45, 7) is 3.67. The number of hydrogen-bond donors (Lipinski definition) is 1. The van der Waals surface area contributed by atoms with E-state index in [9.17, 15) is 18.0 Å². The number of nitrogens with one attached hydrogen (secondary N) is 1. The Morgan fingerprint density at radius 2 is 1.71 bits per heavy atom. The molecule has 1 N–H and O–H groups in total. The number of carbonyl (C=O) groups excluding carboxylic acids is 2. The lowest BCUT2D eigenvalue weighted by Crippen LogP contribution is -2.46. The van der Waals surface area contributed by atoms with Gasteiger partial charge in [0, 0.05) is 13.1 Å². The molecule has 1 heterocycles. The largest absolute Gasteiger partial charge is 0.481 e. The van der Waals surface area contributed by atoms with E-state index in [0.29, 0.717) is 32.1 Å². The summed E-state index contributed by atoms with van der Waals surface area (Å²) in [6, 6.07) is 11.8. The van der Waals surface area contributed by atoms with Crippen LogP contribution in [-0.2, 0) is 24.3 Å². The lowest BCUT2D eigenvalue weighted by atomic mass is 10.2. The molecule has 31 heavy (non-hydrogen) atoms. The number of anilines is 1. The van der Waals surface area contributed by atoms with Gasteiger partial charge in [0.2, 0.25) is 0 Å². The predicted octanol–water partition coefficient (Wildman–Crippen LogP) is 1.90. The number of benzene rings is 2. The van der Waals surface area contributed by atoms with Gasteiger partial charge in [0.1, 0.15) is 5.75 Å². The number of rotatable bonds is 7. The molecule has 0 aromatic heterocycles. The number of carbonyl (C=O) groups is 2. The van der Waals surface area contributed by atoms with Gasteiger partial charge >= 0.3 is 5.97 Å². The molecule has 0 unspecified atom stereocenters. The lowest BCUT2D eigenvalue weighted by Gasteiger charge is -2.29. The van der Waals surface area contributed by atoms with Gasteiger partial charge in [-0.15, -0.1) is 0 Å². The third kappa shape index (κ3) is 5.53. The molecule has 1 atom stereocenters. The molecule has 0 saturated carbocycles. The molecule has 2 aromatic carbocycles. The number of nitrogens with zero attached hydrogens (tertiary/aromatic N) is 1. The molecule has 0 radical (unpaired) electrons. The Labute approximate surface area is 181 Å². The first-order valence-corrected chi connectivity index (χ1v) is 11.1. The van der Waals surface area contributed by atoms with Crippen molar-refractivity contribution in [1.29, 1.82) is 0 Å². The number of hydrogen-bond acceptors (Lipinski definition) is 7. The zero-order valence-corrected chi connectivity index (χ0v) is 18.1. The summed E-state index contributed by atoms with van der Waals surface area (Å²) < 4.78 is 43.5. The predicted molar refractivity (Wildman–Crippen MR) is 113 cm³/mol. The topological polar surface area (TPSA) is 111 Å². The second kappa shape index (κ2) is 9.80. The Kier molecular flexibility index (Phi) is 7.13. The number of sulfonamides is 1. The molecule has 3 rings (SSSR count). The van der Waals surface area contributed by atoms with E-state index in [0.717, 1.165) is 0 Å². The fourth-order valence-corrected chi connectivity index (χ4v) is 4.14. The summed E-state index contributed by atoms with van der Waals surface area (Å²) in [4.78, 5) is 26.0. The fourth-order valence-electron chi connectivity index (χ4n) is 3.06. The number of esters is 1. The summed E-state index contributed by atoms with van der Waals surface area (Å²) >= 11 is 0. The normalized spacial score (nSPS) is 15.1. The van der Waals surface area contributed by atoms with Crippen molar-refractivity contribution in [3.63, 3.8) is 0 Å². The van der Waals surface area contributed by atoms with Crippen LogP contribution in [0.1, 0.15) is 17.3 Å². The van der Waals surface area contributed by atoms with Crippen molar-refractivity contribution < 1.29 is 32.2 Å². The number of ether oxygens (including phenoxy) is 3. The average molecular weight is 448 g/mol. The minimum atomic E-state index is -3.96. The monoisotopic (exact) mass is 448 g/mol. The number of morpholine rings is 1. The highest BCUT2D eigenvalue weighted by Gasteiger charge is 2.24. The van der Waals surface area contributed by atoms with Gasteiger partial charge < -0.3 is 19.1 Å². The lowest BCUT2D eigenvalue weighted by molar-refractivity contribution is -0.142. The van der Waals surface area contributed by atoms with Gasteiger partial charge in [-0.05, 0) is 43.3 Å². The molecule has 1 amide bonds. The molecule has 1 aliphatic rings. The summed E-state index contributed by atoms with van der Waals surface area (Å²) in [5, 5.41) is 0. The molecular weight excluding hydrogens is 424 g/mol. The molecule has 1 saturated heterocycles. The molecule has 0 spiro atoms. The van der Waals surface area contributed by atoms with Crippen LogP contribution < -0.4 is 9.46 Å². The maximum absolute atomic E-state index is 12.7. The van der Waals surface area contributed by atoms with Gasteiger partial charge in [-0.2, -0.15) is 0 Å². The quantitative estimate of drug-likeness (QED) is 0.644. The fraction of sp³-hybridized carbons (Fsp3) is 0.333. The zero-order chi connectivity index (χ0) is 22.4. The molecule has 0 bridgehead atoms. The highest BCUT2D eigenvalue weighted by atomic mass is 32.2. The molecule has 10 heteroatoms. The van der Waals surface area contributed by atoms with Gasteiger partial charge in [0.25, 0.3) is 15.9 Å². The Balaban J connectivity index is 1.69. The number of para-hydroxylation sites is 1. The van der Waals surface area contributed by atoms with Gasteiger partial charge in [0.15, 0.2) is 6.10 Å². The van der Waals surface area contributed by atoms with Crippen LogP contribution in [0.2, 0.25) is 0 Å². The number of amides is 1. The highest BCUT2D eigenvalue weighted by Crippen LogP contribution is 2.23. The minimum Gasteiger partial charge on any atom is -0.481 e. The average Bonchev–Trinajstić information content (AvgIpc) is 2.79. The third-order valence-electron chi connectivity index (χ3n) is 4.69. The van der Waals surface area contributed by atoms with Gasteiger partial charge in [-0.25, -0.2) is 13.2 Å². The van der Waals surface area contributed by atoms with E-state index in [1.54, 1.807) is 24.0 Å².